The number of rotatable bonds is 5. The highest BCUT2D eigenvalue weighted by molar-refractivity contribution is 5.81. The molecule has 1 unspecified atom stereocenters. The van der Waals surface area contributed by atoms with E-state index in [4.69, 9.17) is 0 Å². The molecule has 0 spiro atoms. The van der Waals surface area contributed by atoms with Crippen LogP contribution in [0.2, 0.25) is 0 Å². The zero-order valence-corrected chi connectivity index (χ0v) is 16.4. The molecule has 2 amide bonds. The van der Waals surface area contributed by atoms with Crippen molar-refractivity contribution in [2.45, 2.75) is 51.5 Å². The fraction of sp³-hybridized carbons (Fsp3) is 0.636. The third-order valence-electron chi connectivity index (χ3n) is 6.23. The molecule has 27 heavy (non-hydrogen) atoms. The van der Waals surface area contributed by atoms with Crippen molar-refractivity contribution in [2.24, 2.45) is 5.92 Å². The summed E-state index contributed by atoms with van der Waals surface area (Å²) in [5.41, 5.74) is 4.13. The van der Waals surface area contributed by atoms with Gasteiger partial charge >= 0.3 is 0 Å². The minimum Gasteiger partial charge on any atom is -0.348 e. The second-order valence-electron chi connectivity index (χ2n) is 8.40. The van der Waals surface area contributed by atoms with Gasteiger partial charge < -0.3 is 10.2 Å². The van der Waals surface area contributed by atoms with E-state index in [1.54, 1.807) is 0 Å². The van der Waals surface area contributed by atoms with E-state index in [-0.39, 0.29) is 17.9 Å². The summed E-state index contributed by atoms with van der Waals surface area (Å²) in [6.07, 6.45) is 7.02. The van der Waals surface area contributed by atoms with E-state index in [2.05, 4.69) is 35.3 Å². The van der Waals surface area contributed by atoms with Crippen LogP contribution in [0.5, 0.6) is 0 Å². The van der Waals surface area contributed by atoms with Crippen LogP contribution in [0.25, 0.3) is 0 Å². The molecule has 0 bridgehead atoms. The van der Waals surface area contributed by atoms with Crippen LogP contribution < -0.4 is 5.32 Å². The molecular weight excluding hydrogens is 338 g/mol. The van der Waals surface area contributed by atoms with E-state index in [1.807, 2.05) is 4.90 Å². The molecule has 1 saturated heterocycles. The van der Waals surface area contributed by atoms with E-state index in [9.17, 15) is 9.59 Å². The molecule has 1 aliphatic heterocycles. The van der Waals surface area contributed by atoms with Crippen molar-refractivity contribution in [3.8, 4) is 0 Å². The predicted octanol–water partition coefficient (Wildman–Crippen LogP) is 2.30. The SMILES string of the molecule is CC(NC(=O)CN1CCN(C(=O)C2CC2)CC1)c1ccc2c(c1)CCCC2. The second-order valence-corrected chi connectivity index (χ2v) is 8.40. The Balaban J connectivity index is 1.25. The molecule has 0 aromatic heterocycles. The fourth-order valence-electron chi connectivity index (χ4n) is 4.31. The molecule has 5 nitrogen and oxygen atoms in total. The zero-order valence-electron chi connectivity index (χ0n) is 16.4. The van der Waals surface area contributed by atoms with E-state index < -0.39 is 0 Å². The number of hydrogen-bond donors (Lipinski definition) is 1. The Kier molecular flexibility index (Phi) is 5.48. The largest absolute Gasteiger partial charge is 0.348 e. The monoisotopic (exact) mass is 369 g/mol. The van der Waals surface area contributed by atoms with Gasteiger partial charge in [-0.05, 0) is 62.1 Å². The van der Waals surface area contributed by atoms with Gasteiger partial charge in [0.2, 0.25) is 11.8 Å². The van der Waals surface area contributed by atoms with Crippen LogP contribution in [-0.2, 0) is 22.4 Å². The standard InChI is InChI=1S/C22H31N3O2/c1-16(19-9-6-17-4-2-3-5-20(17)14-19)23-21(26)15-24-10-12-25(13-11-24)22(27)18-7-8-18/h6,9,14,16,18H,2-5,7-8,10-13,15H2,1H3,(H,23,26). The summed E-state index contributed by atoms with van der Waals surface area (Å²) < 4.78 is 0. The number of carbonyl (C=O) groups is 2. The average Bonchev–Trinajstić information content (AvgIpc) is 3.53. The molecule has 1 N–H and O–H groups in total. The van der Waals surface area contributed by atoms with Gasteiger partial charge in [0.25, 0.3) is 0 Å². The molecule has 1 aromatic rings. The minimum absolute atomic E-state index is 0.0301. The predicted molar refractivity (Wildman–Crippen MR) is 105 cm³/mol. The van der Waals surface area contributed by atoms with Gasteiger partial charge in [-0.3, -0.25) is 14.5 Å². The van der Waals surface area contributed by atoms with E-state index in [1.165, 1.54) is 36.0 Å². The van der Waals surface area contributed by atoms with Crippen LogP contribution in [-0.4, -0.2) is 54.3 Å². The number of amides is 2. The average molecular weight is 370 g/mol. The minimum atomic E-state index is 0.0301. The third kappa shape index (κ3) is 4.52. The number of fused-ring (bicyclic) bond motifs is 1. The summed E-state index contributed by atoms with van der Waals surface area (Å²) in [6, 6.07) is 6.71. The molecule has 3 aliphatic rings. The molecule has 1 saturated carbocycles. The number of nitrogens with zero attached hydrogens (tertiary/aromatic N) is 2. The smallest absolute Gasteiger partial charge is 0.234 e. The highest BCUT2D eigenvalue weighted by atomic mass is 16.2. The molecule has 1 heterocycles. The van der Waals surface area contributed by atoms with E-state index in [0.717, 1.165) is 45.4 Å². The maximum atomic E-state index is 12.5. The molecule has 2 aliphatic carbocycles. The Morgan fingerprint density at radius 1 is 1.07 bits per heavy atom. The number of aryl methyl sites for hydroxylation is 2. The molecular formula is C22H31N3O2. The summed E-state index contributed by atoms with van der Waals surface area (Å²) in [5, 5.41) is 3.15. The molecule has 4 rings (SSSR count). The fourth-order valence-corrected chi connectivity index (χ4v) is 4.31. The topological polar surface area (TPSA) is 52.7 Å². The normalized spacial score (nSPS) is 21.4. The number of hydrogen-bond acceptors (Lipinski definition) is 3. The highest BCUT2D eigenvalue weighted by Crippen LogP contribution is 2.31. The molecule has 1 atom stereocenters. The first-order valence-corrected chi connectivity index (χ1v) is 10.5. The first kappa shape index (κ1) is 18.5. The Bertz CT molecular complexity index is 706. The molecule has 146 valence electrons. The van der Waals surface area contributed by atoms with Crippen LogP contribution in [0.15, 0.2) is 18.2 Å². The van der Waals surface area contributed by atoms with Crippen LogP contribution >= 0.6 is 0 Å². The van der Waals surface area contributed by atoms with Crippen LogP contribution in [0, 0.1) is 5.92 Å². The lowest BCUT2D eigenvalue weighted by molar-refractivity contribution is -0.134. The van der Waals surface area contributed by atoms with E-state index >= 15 is 0 Å². The lowest BCUT2D eigenvalue weighted by Crippen LogP contribution is -2.51. The molecule has 1 aromatic carbocycles. The first-order chi connectivity index (χ1) is 13.1. The lowest BCUT2D eigenvalue weighted by Gasteiger charge is -2.34. The van der Waals surface area contributed by atoms with Crippen molar-refractivity contribution in [1.82, 2.24) is 15.1 Å². The highest BCUT2D eigenvalue weighted by Gasteiger charge is 2.34. The van der Waals surface area contributed by atoms with Crippen molar-refractivity contribution < 1.29 is 9.59 Å². The van der Waals surface area contributed by atoms with Gasteiger partial charge in [0.15, 0.2) is 0 Å². The lowest BCUT2D eigenvalue weighted by atomic mass is 9.89. The first-order valence-electron chi connectivity index (χ1n) is 10.5. The van der Waals surface area contributed by atoms with Crippen molar-refractivity contribution >= 4 is 11.8 Å². The quantitative estimate of drug-likeness (QED) is 0.866. The third-order valence-corrected chi connectivity index (χ3v) is 6.23. The van der Waals surface area contributed by atoms with Gasteiger partial charge in [0.1, 0.15) is 0 Å². The molecule has 0 radical (unpaired) electrons. The van der Waals surface area contributed by atoms with Gasteiger partial charge in [0, 0.05) is 32.1 Å². The maximum absolute atomic E-state index is 12.5. The molecule has 5 heteroatoms. The van der Waals surface area contributed by atoms with Crippen LogP contribution in [0.1, 0.15) is 55.3 Å². The van der Waals surface area contributed by atoms with Crippen LogP contribution in [0.3, 0.4) is 0 Å². The number of benzene rings is 1. The summed E-state index contributed by atoms with van der Waals surface area (Å²) in [5.74, 6) is 0.680. The van der Waals surface area contributed by atoms with Gasteiger partial charge in [-0.1, -0.05) is 18.2 Å². The Morgan fingerprint density at radius 3 is 2.48 bits per heavy atom. The second kappa shape index (κ2) is 8.01. The summed E-state index contributed by atoms with van der Waals surface area (Å²) in [4.78, 5) is 28.7. The van der Waals surface area contributed by atoms with Gasteiger partial charge in [0.05, 0.1) is 12.6 Å². The van der Waals surface area contributed by atoms with Crippen molar-refractivity contribution in [3.63, 3.8) is 0 Å². The molecule has 2 fully saturated rings. The maximum Gasteiger partial charge on any atom is 0.234 e. The number of nitrogens with one attached hydrogen (secondary N) is 1. The summed E-state index contributed by atoms with van der Waals surface area (Å²) in [7, 11) is 0. The van der Waals surface area contributed by atoms with Gasteiger partial charge in [-0.15, -0.1) is 0 Å². The van der Waals surface area contributed by atoms with Crippen molar-refractivity contribution in [1.29, 1.82) is 0 Å². The zero-order chi connectivity index (χ0) is 18.8. The van der Waals surface area contributed by atoms with E-state index in [0.29, 0.717) is 12.5 Å². The summed E-state index contributed by atoms with van der Waals surface area (Å²) in [6.45, 7) is 5.57. The Labute approximate surface area is 162 Å². The van der Waals surface area contributed by atoms with Gasteiger partial charge in [-0.25, -0.2) is 0 Å². The number of carbonyl (C=O) groups excluding carboxylic acids is 2. The van der Waals surface area contributed by atoms with Gasteiger partial charge in [-0.2, -0.15) is 0 Å². The van der Waals surface area contributed by atoms with Crippen LogP contribution in [0.4, 0.5) is 0 Å². The Hall–Kier alpha value is -1.88. The Morgan fingerprint density at radius 2 is 1.78 bits per heavy atom. The number of piperazine rings is 1. The van der Waals surface area contributed by atoms with Crippen molar-refractivity contribution in [3.05, 3.63) is 34.9 Å². The van der Waals surface area contributed by atoms with Crippen molar-refractivity contribution in [2.75, 3.05) is 32.7 Å². The summed E-state index contributed by atoms with van der Waals surface area (Å²) >= 11 is 0.